The molecule has 1 N–H and O–H groups in total. The third-order valence-electron chi connectivity index (χ3n) is 3.92. The predicted molar refractivity (Wildman–Crippen MR) is 93.2 cm³/mol. The molecule has 0 aliphatic carbocycles. The largest absolute Gasteiger partial charge is 0.380 e. The number of nitrogens with zero attached hydrogens (tertiary/aromatic N) is 3. The highest BCUT2D eigenvalue weighted by atomic mass is 35.5. The average Bonchev–Trinajstić information content (AvgIpc) is 2.70. The zero-order valence-corrected chi connectivity index (χ0v) is 13.9. The molecule has 1 saturated heterocycles. The van der Waals surface area contributed by atoms with Gasteiger partial charge in [-0.15, -0.1) is 12.4 Å². The lowest BCUT2D eigenvalue weighted by Gasteiger charge is -2.22. The standard InChI is InChI=1S/C16H24N4O.ClH/c1-2-21-13-12-20-15-7-4-3-6-14(15)18-16(20)19-10-5-8-17-9-11-19;/h3-4,6-7,17H,2,5,8-13H2,1H3;1H. The van der Waals surface area contributed by atoms with Gasteiger partial charge < -0.3 is 19.5 Å². The maximum atomic E-state index is 5.54. The number of aromatic nitrogens is 2. The monoisotopic (exact) mass is 324 g/mol. The van der Waals surface area contributed by atoms with E-state index in [1.54, 1.807) is 0 Å². The SMILES string of the molecule is CCOCCn1c(N2CCCNCC2)nc2ccccc21.Cl. The summed E-state index contributed by atoms with van der Waals surface area (Å²) in [6.07, 6.45) is 1.16. The predicted octanol–water partition coefficient (Wildman–Crippen LogP) is 2.29. The van der Waals surface area contributed by atoms with Crippen molar-refractivity contribution in [2.75, 3.05) is 44.3 Å². The molecule has 1 aromatic carbocycles. The minimum atomic E-state index is 0. The highest BCUT2D eigenvalue weighted by molar-refractivity contribution is 5.85. The van der Waals surface area contributed by atoms with Gasteiger partial charge in [0.2, 0.25) is 5.95 Å². The summed E-state index contributed by atoms with van der Waals surface area (Å²) >= 11 is 0. The summed E-state index contributed by atoms with van der Waals surface area (Å²) in [6, 6.07) is 8.37. The van der Waals surface area contributed by atoms with E-state index >= 15 is 0 Å². The van der Waals surface area contributed by atoms with Gasteiger partial charge in [0.15, 0.2) is 0 Å². The first-order valence-electron chi connectivity index (χ1n) is 7.89. The van der Waals surface area contributed by atoms with Crippen LogP contribution >= 0.6 is 12.4 Å². The zero-order chi connectivity index (χ0) is 14.5. The molecule has 5 nitrogen and oxygen atoms in total. The molecule has 0 amide bonds. The van der Waals surface area contributed by atoms with E-state index in [0.29, 0.717) is 0 Å². The molecule has 122 valence electrons. The van der Waals surface area contributed by atoms with Crippen molar-refractivity contribution < 1.29 is 4.74 Å². The van der Waals surface area contributed by atoms with E-state index in [0.717, 1.165) is 63.8 Å². The van der Waals surface area contributed by atoms with Crippen LogP contribution < -0.4 is 10.2 Å². The van der Waals surface area contributed by atoms with E-state index in [9.17, 15) is 0 Å². The number of anilines is 1. The van der Waals surface area contributed by atoms with Crippen LogP contribution in [-0.2, 0) is 11.3 Å². The Labute approximate surface area is 138 Å². The smallest absolute Gasteiger partial charge is 0.206 e. The molecule has 0 unspecified atom stereocenters. The van der Waals surface area contributed by atoms with E-state index in [2.05, 4.69) is 39.0 Å². The first-order chi connectivity index (χ1) is 10.4. The van der Waals surface area contributed by atoms with E-state index in [1.807, 2.05) is 6.92 Å². The number of hydrogen-bond acceptors (Lipinski definition) is 4. The van der Waals surface area contributed by atoms with Crippen molar-refractivity contribution in [1.29, 1.82) is 0 Å². The second kappa shape index (κ2) is 8.36. The molecule has 6 heteroatoms. The van der Waals surface area contributed by atoms with Crippen LogP contribution in [0.25, 0.3) is 11.0 Å². The van der Waals surface area contributed by atoms with Gasteiger partial charge in [0, 0.05) is 32.8 Å². The molecule has 1 aromatic heterocycles. The van der Waals surface area contributed by atoms with E-state index < -0.39 is 0 Å². The Kier molecular flexibility index (Phi) is 6.49. The number of hydrogen-bond donors (Lipinski definition) is 1. The fourth-order valence-electron chi connectivity index (χ4n) is 2.87. The molecule has 0 spiro atoms. The fraction of sp³-hybridized carbons (Fsp3) is 0.562. The second-order valence-corrected chi connectivity index (χ2v) is 5.34. The van der Waals surface area contributed by atoms with Crippen LogP contribution in [0.5, 0.6) is 0 Å². The van der Waals surface area contributed by atoms with E-state index in [4.69, 9.17) is 9.72 Å². The van der Waals surface area contributed by atoms with Crippen LogP contribution in [0, 0.1) is 0 Å². The molecular weight excluding hydrogens is 300 g/mol. The molecule has 3 rings (SSSR count). The Morgan fingerprint density at radius 2 is 2.09 bits per heavy atom. The third kappa shape index (κ3) is 3.72. The van der Waals surface area contributed by atoms with Crippen molar-refractivity contribution in [3.63, 3.8) is 0 Å². The van der Waals surface area contributed by atoms with Gasteiger partial charge in [-0.2, -0.15) is 0 Å². The molecule has 1 aliphatic rings. The van der Waals surface area contributed by atoms with Crippen LogP contribution in [0.15, 0.2) is 24.3 Å². The van der Waals surface area contributed by atoms with Crippen molar-refractivity contribution >= 4 is 29.4 Å². The Bertz CT molecular complexity index is 579. The fourth-order valence-corrected chi connectivity index (χ4v) is 2.87. The number of nitrogens with one attached hydrogen (secondary N) is 1. The quantitative estimate of drug-likeness (QED) is 0.857. The highest BCUT2D eigenvalue weighted by Crippen LogP contribution is 2.23. The maximum absolute atomic E-state index is 5.54. The van der Waals surface area contributed by atoms with Gasteiger partial charge >= 0.3 is 0 Å². The lowest BCUT2D eigenvalue weighted by atomic mass is 10.3. The summed E-state index contributed by atoms with van der Waals surface area (Å²) in [5.41, 5.74) is 2.27. The molecule has 1 aliphatic heterocycles. The Morgan fingerprint density at radius 3 is 2.95 bits per heavy atom. The summed E-state index contributed by atoms with van der Waals surface area (Å²) in [5, 5.41) is 3.45. The molecular formula is C16H25ClN4O. The minimum Gasteiger partial charge on any atom is -0.380 e. The average molecular weight is 325 g/mol. The van der Waals surface area contributed by atoms with Crippen LogP contribution in [0.4, 0.5) is 5.95 Å². The third-order valence-corrected chi connectivity index (χ3v) is 3.92. The molecule has 0 radical (unpaired) electrons. The van der Waals surface area contributed by atoms with Crippen LogP contribution in [-0.4, -0.2) is 48.9 Å². The maximum Gasteiger partial charge on any atom is 0.206 e. The van der Waals surface area contributed by atoms with Crippen LogP contribution in [0.3, 0.4) is 0 Å². The Morgan fingerprint density at radius 1 is 1.23 bits per heavy atom. The van der Waals surface area contributed by atoms with Gasteiger partial charge in [-0.3, -0.25) is 0 Å². The Balaban J connectivity index is 0.00000176. The molecule has 0 atom stereocenters. The summed E-state index contributed by atoms with van der Waals surface area (Å²) in [6.45, 7) is 8.57. The lowest BCUT2D eigenvalue weighted by Crippen LogP contribution is -2.30. The minimum absolute atomic E-state index is 0. The number of halogens is 1. The summed E-state index contributed by atoms with van der Waals surface area (Å²) in [4.78, 5) is 7.26. The number of para-hydroxylation sites is 2. The summed E-state index contributed by atoms with van der Waals surface area (Å²) < 4.78 is 7.85. The highest BCUT2D eigenvalue weighted by Gasteiger charge is 2.17. The number of rotatable bonds is 5. The van der Waals surface area contributed by atoms with Gasteiger partial charge in [0.1, 0.15) is 0 Å². The normalized spacial score (nSPS) is 15.6. The van der Waals surface area contributed by atoms with Gasteiger partial charge in [-0.25, -0.2) is 4.98 Å². The van der Waals surface area contributed by atoms with Crippen molar-refractivity contribution in [2.24, 2.45) is 0 Å². The molecule has 22 heavy (non-hydrogen) atoms. The van der Waals surface area contributed by atoms with Gasteiger partial charge in [0.05, 0.1) is 17.6 Å². The number of benzene rings is 1. The van der Waals surface area contributed by atoms with Gasteiger partial charge in [-0.05, 0) is 32.0 Å². The number of ether oxygens (including phenoxy) is 1. The van der Waals surface area contributed by atoms with E-state index in [1.165, 1.54) is 5.52 Å². The summed E-state index contributed by atoms with van der Waals surface area (Å²) in [7, 11) is 0. The Hall–Kier alpha value is -1.30. The van der Waals surface area contributed by atoms with Crippen LogP contribution in [0.1, 0.15) is 13.3 Å². The molecule has 0 saturated carbocycles. The van der Waals surface area contributed by atoms with Gasteiger partial charge in [0.25, 0.3) is 0 Å². The topological polar surface area (TPSA) is 42.3 Å². The van der Waals surface area contributed by atoms with E-state index in [-0.39, 0.29) is 12.4 Å². The van der Waals surface area contributed by atoms with Crippen molar-refractivity contribution in [3.05, 3.63) is 24.3 Å². The van der Waals surface area contributed by atoms with Gasteiger partial charge in [-0.1, -0.05) is 12.1 Å². The summed E-state index contributed by atoms with van der Waals surface area (Å²) in [5.74, 6) is 1.08. The zero-order valence-electron chi connectivity index (χ0n) is 13.1. The first-order valence-corrected chi connectivity index (χ1v) is 7.89. The van der Waals surface area contributed by atoms with Crippen molar-refractivity contribution in [2.45, 2.75) is 19.9 Å². The van der Waals surface area contributed by atoms with Crippen LogP contribution in [0.2, 0.25) is 0 Å². The molecule has 2 aromatic rings. The number of fused-ring (bicyclic) bond motifs is 1. The molecule has 0 bridgehead atoms. The van der Waals surface area contributed by atoms with Crippen molar-refractivity contribution in [1.82, 2.24) is 14.9 Å². The second-order valence-electron chi connectivity index (χ2n) is 5.34. The molecule has 2 heterocycles. The lowest BCUT2D eigenvalue weighted by molar-refractivity contribution is 0.140. The molecule has 1 fully saturated rings. The first kappa shape index (κ1) is 17.1. The van der Waals surface area contributed by atoms with Crippen molar-refractivity contribution in [3.8, 4) is 0 Å². The number of imidazole rings is 1.